The van der Waals surface area contributed by atoms with E-state index in [1.807, 2.05) is 13.2 Å². The summed E-state index contributed by atoms with van der Waals surface area (Å²) in [5.41, 5.74) is 1.14. The Morgan fingerprint density at radius 2 is 2.62 bits per heavy atom. The first-order chi connectivity index (χ1) is 3.93. The molecule has 1 rings (SSSR count). The average Bonchev–Trinajstić information content (AvgIpc) is 1.90. The van der Waals surface area contributed by atoms with E-state index in [4.69, 9.17) is 0 Å². The van der Waals surface area contributed by atoms with E-state index in [-0.39, 0.29) is 0 Å². The normalized spacial score (nSPS) is 16.9. The van der Waals surface area contributed by atoms with Crippen molar-refractivity contribution in [3.63, 3.8) is 0 Å². The molecule has 0 unspecified atom stereocenters. The third kappa shape index (κ3) is 1.03. The molecule has 44 valence electrons. The lowest BCUT2D eigenvalue weighted by Crippen LogP contribution is -2.15. The molecule has 2 nitrogen and oxygen atoms in total. The summed E-state index contributed by atoms with van der Waals surface area (Å²) in [4.78, 5) is 0. The Hall–Kier alpha value is -0.920. The summed E-state index contributed by atoms with van der Waals surface area (Å²) >= 11 is 0. The molecule has 0 bridgehead atoms. The molecule has 0 spiro atoms. The van der Waals surface area contributed by atoms with Crippen LogP contribution in [0, 0.1) is 0 Å². The first-order valence-electron chi connectivity index (χ1n) is 2.71. The van der Waals surface area contributed by atoms with Crippen LogP contribution in [0.15, 0.2) is 24.0 Å². The van der Waals surface area contributed by atoms with Gasteiger partial charge in [0.25, 0.3) is 0 Å². The third-order valence-electron chi connectivity index (χ3n) is 1.08. The first-order valence-corrected chi connectivity index (χ1v) is 2.71. The molecule has 2 heteroatoms. The first kappa shape index (κ1) is 5.22. The minimum atomic E-state index is 0.950. The molecule has 0 saturated heterocycles. The zero-order chi connectivity index (χ0) is 5.82. The van der Waals surface area contributed by atoms with Gasteiger partial charge >= 0.3 is 0 Å². The van der Waals surface area contributed by atoms with Gasteiger partial charge in [0.2, 0.25) is 0 Å². The van der Waals surface area contributed by atoms with E-state index in [0.29, 0.717) is 0 Å². The van der Waals surface area contributed by atoms with Gasteiger partial charge in [-0.15, -0.1) is 0 Å². The van der Waals surface area contributed by atoms with Crippen molar-refractivity contribution in [1.29, 1.82) is 0 Å². The van der Waals surface area contributed by atoms with Crippen LogP contribution in [0.25, 0.3) is 0 Å². The molecule has 2 N–H and O–H groups in total. The molecule has 1 heterocycles. The number of allylic oxidation sites excluding steroid dienone is 1. The van der Waals surface area contributed by atoms with Crippen LogP contribution in [0.4, 0.5) is 0 Å². The molecule has 0 aliphatic carbocycles. The van der Waals surface area contributed by atoms with Gasteiger partial charge in [-0.25, -0.2) is 0 Å². The molecular weight excluding hydrogens is 100 g/mol. The third-order valence-corrected chi connectivity index (χ3v) is 1.08. The van der Waals surface area contributed by atoms with Gasteiger partial charge < -0.3 is 10.6 Å². The van der Waals surface area contributed by atoms with E-state index in [9.17, 15) is 0 Å². The number of nitrogens with one attached hydrogen (secondary N) is 2. The monoisotopic (exact) mass is 110 g/mol. The highest BCUT2D eigenvalue weighted by atomic mass is 14.9. The van der Waals surface area contributed by atoms with Crippen molar-refractivity contribution >= 4 is 0 Å². The average molecular weight is 110 g/mol. The molecule has 0 aromatic rings. The molecule has 0 aromatic carbocycles. The molecular formula is C6H10N2. The van der Waals surface area contributed by atoms with E-state index >= 15 is 0 Å². The topological polar surface area (TPSA) is 24.1 Å². The van der Waals surface area contributed by atoms with Crippen molar-refractivity contribution in [2.45, 2.75) is 0 Å². The van der Waals surface area contributed by atoms with E-state index < -0.39 is 0 Å². The number of dihydropyridines is 1. The zero-order valence-electron chi connectivity index (χ0n) is 4.94. The molecule has 0 saturated carbocycles. The Morgan fingerprint density at radius 1 is 1.75 bits per heavy atom. The van der Waals surface area contributed by atoms with Gasteiger partial charge in [0.1, 0.15) is 0 Å². The quantitative estimate of drug-likeness (QED) is 0.504. The summed E-state index contributed by atoms with van der Waals surface area (Å²) in [7, 11) is 1.91. The van der Waals surface area contributed by atoms with Gasteiger partial charge in [-0.2, -0.15) is 0 Å². The van der Waals surface area contributed by atoms with Gasteiger partial charge in [0, 0.05) is 25.5 Å². The van der Waals surface area contributed by atoms with Gasteiger partial charge in [0.15, 0.2) is 0 Å². The van der Waals surface area contributed by atoms with Crippen molar-refractivity contribution in [3.05, 3.63) is 24.0 Å². The van der Waals surface area contributed by atoms with Crippen LogP contribution in [0.1, 0.15) is 0 Å². The van der Waals surface area contributed by atoms with Crippen LogP contribution in [-0.2, 0) is 0 Å². The lowest BCUT2D eigenvalue weighted by atomic mass is 10.3. The van der Waals surface area contributed by atoms with Crippen LogP contribution in [-0.4, -0.2) is 13.6 Å². The molecule has 0 radical (unpaired) electrons. The largest absolute Gasteiger partial charge is 0.387 e. The summed E-state index contributed by atoms with van der Waals surface area (Å²) in [6.45, 7) is 0.950. The Morgan fingerprint density at radius 3 is 3.00 bits per heavy atom. The molecule has 1 aliphatic rings. The van der Waals surface area contributed by atoms with Gasteiger partial charge in [-0.3, -0.25) is 0 Å². The van der Waals surface area contributed by atoms with Crippen LogP contribution in [0.2, 0.25) is 0 Å². The summed E-state index contributed by atoms with van der Waals surface area (Å²) in [6.07, 6.45) is 6.09. The molecule has 1 aliphatic heterocycles. The number of likely N-dealkylation sites (N-methyl/N-ethyl adjacent to an activating group) is 1. The Kier molecular flexibility index (Phi) is 1.57. The van der Waals surface area contributed by atoms with Gasteiger partial charge in [0.05, 0.1) is 0 Å². The molecule has 8 heavy (non-hydrogen) atoms. The number of hydrogen-bond acceptors (Lipinski definition) is 2. The Balaban J connectivity index is 2.51. The van der Waals surface area contributed by atoms with Gasteiger partial charge in [-0.1, -0.05) is 6.08 Å². The lowest BCUT2D eigenvalue weighted by Gasteiger charge is -2.05. The van der Waals surface area contributed by atoms with Crippen LogP contribution < -0.4 is 10.6 Å². The fourth-order valence-electron chi connectivity index (χ4n) is 0.626. The van der Waals surface area contributed by atoms with E-state index in [1.165, 1.54) is 0 Å². The predicted molar refractivity (Wildman–Crippen MR) is 34.3 cm³/mol. The number of rotatable bonds is 1. The summed E-state index contributed by atoms with van der Waals surface area (Å²) in [5, 5.41) is 6.09. The van der Waals surface area contributed by atoms with Crippen LogP contribution in [0.5, 0.6) is 0 Å². The minimum Gasteiger partial charge on any atom is -0.387 e. The smallest absolute Gasteiger partial charge is 0.0494 e. The maximum Gasteiger partial charge on any atom is 0.0494 e. The van der Waals surface area contributed by atoms with Gasteiger partial charge in [-0.05, 0) is 6.08 Å². The molecule has 0 amide bonds. The van der Waals surface area contributed by atoms with Crippen molar-refractivity contribution in [3.8, 4) is 0 Å². The SMILES string of the molecule is CNC1=CNCC=C1. The summed E-state index contributed by atoms with van der Waals surface area (Å²) < 4.78 is 0. The van der Waals surface area contributed by atoms with Crippen molar-refractivity contribution < 1.29 is 0 Å². The van der Waals surface area contributed by atoms with Crippen molar-refractivity contribution in [1.82, 2.24) is 10.6 Å². The molecule has 0 aromatic heterocycles. The standard InChI is InChI=1S/C6H10N2/c1-7-6-3-2-4-8-5-6/h2-3,5,7-8H,4H2,1H3. The highest BCUT2D eigenvalue weighted by molar-refractivity contribution is 5.19. The highest BCUT2D eigenvalue weighted by Crippen LogP contribution is 1.91. The zero-order valence-corrected chi connectivity index (χ0v) is 4.94. The Bertz CT molecular complexity index is 124. The minimum absolute atomic E-state index is 0.950. The van der Waals surface area contributed by atoms with Crippen LogP contribution >= 0.6 is 0 Å². The maximum atomic E-state index is 3.07. The Labute approximate surface area is 49.3 Å². The van der Waals surface area contributed by atoms with E-state index in [0.717, 1.165) is 12.2 Å². The fourth-order valence-corrected chi connectivity index (χ4v) is 0.626. The number of hydrogen-bond donors (Lipinski definition) is 2. The molecule has 0 fully saturated rings. The van der Waals surface area contributed by atoms with Crippen molar-refractivity contribution in [2.24, 2.45) is 0 Å². The maximum absolute atomic E-state index is 3.07. The fraction of sp³-hybridized carbons (Fsp3) is 0.333. The summed E-state index contributed by atoms with van der Waals surface area (Å²) in [5.74, 6) is 0. The van der Waals surface area contributed by atoms with Crippen LogP contribution in [0.3, 0.4) is 0 Å². The second-order valence-corrected chi connectivity index (χ2v) is 1.66. The molecule has 0 atom stereocenters. The van der Waals surface area contributed by atoms with E-state index in [1.54, 1.807) is 0 Å². The summed E-state index contributed by atoms with van der Waals surface area (Å²) in [6, 6.07) is 0. The second-order valence-electron chi connectivity index (χ2n) is 1.66. The highest BCUT2D eigenvalue weighted by Gasteiger charge is 1.88. The lowest BCUT2D eigenvalue weighted by molar-refractivity contribution is 0.903. The second kappa shape index (κ2) is 2.40. The van der Waals surface area contributed by atoms with E-state index in [2.05, 4.69) is 22.8 Å². The predicted octanol–water partition coefficient (Wildman–Crippen LogP) is 0.207. The van der Waals surface area contributed by atoms with Crippen molar-refractivity contribution in [2.75, 3.05) is 13.6 Å².